The van der Waals surface area contributed by atoms with Crippen LogP contribution < -0.4 is 14.0 Å². The van der Waals surface area contributed by atoms with Gasteiger partial charge in [-0.3, -0.25) is 0 Å². The second-order valence-corrected chi connectivity index (χ2v) is 7.31. The van der Waals surface area contributed by atoms with Crippen LogP contribution in [0.1, 0.15) is 33.3 Å². The van der Waals surface area contributed by atoms with E-state index in [1.54, 1.807) is 6.07 Å². The van der Waals surface area contributed by atoms with Crippen molar-refractivity contribution in [3.05, 3.63) is 48.0 Å². The molecule has 0 saturated carbocycles. The van der Waals surface area contributed by atoms with E-state index in [1.165, 1.54) is 0 Å². The van der Waals surface area contributed by atoms with Gasteiger partial charge < -0.3 is 17.9 Å². The zero-order valence-electron chi connectivity index (χ0n) is 14.8. The van der Waals surface area contributed by atoms with Crippen LogP contribution in [0.3, 0.4) is 0 Å². The molecule has 0 bridgehead atoms. The third kappa shape index (κ3) is 3.83. The van der Waals surface area contributed by atoms with E-state index in [0.717, 1.165) is 11.0 Å². The molecule has 5 nitrogen and oxygen atoms in total. The maximum atomic E-state index is 6.12. The number of pyridine rings is 1. The van der Waals surface area contributed by atoms with Crippen molar-refractivity contribution < 1.29 is 17.9 Å². The molecule has 1 aromatic carbocycles. The summed E-state index contributed by atoms with van der Waals surface area (Å²) in [5.74, 6) is 0.836. The normalized spacial score (nSPS) is 18.2. The highest BCUT2D eigenvalue weighted by atomic mass is 79.9. The molecular formula is C18H21BBrNO4. The Morgan fingerprint density at radius 3 is 2.24 bits per heavy atom. The summed E-state index contributed by atoms with van der Waals surface area (Å²) in [5.41, 5.74) is 0.926. The molecule has 0 aliphatic carbocycles. The highest BCUT2D eigenvalue weighted by molar-refractivity contribution is 9.06. The van der Waals surface area contributed by atoms with E-state index in [4.69, 9.17) is 17.9 Å². The van der Waals surface area contributed by atoms with Gasteiger partial charge in [0, 0.05) is 11.5 Å². The molecular weight excluding hydrogens is 385 g/mol. The lowest BCUT2D eigenvalue weighted by atomic mass is 9.79. The molecule has 1 aliphatic heterocycles. The Kier molecular flexibility index (Phi) is 5.09. The van der Waals surface area contributed by atoms with Crippen LogP contribution >= 0.6 is 16.3 Å². The van der Waals surface area contributed by atoms with Crippen molar-refractivity contribution in [3.63, 3.8) is 0 Å². The predicted molar refractivity (Wildman–Crippen MR) is 100 cm³/mol. The zero-order chi connectivity index (χ0) is 18.1. The molecule has 1 saturated heterocycles. The van der Waals surface area contributed by atoms with Gasteiger partial charge in [0.2, 0.25) is 11.8 Å². The SMILES string of the molecule is CC1(C)OB(c2ccc(OBr)nc2OCc2ccccc2)OC1(C)C. The van der Waals surface area contributed by atoms with Crippen LogP contribution in [0.25, 0.3) is 0 Å². The first kappa shape index (κ1) is 18.2. The average molecular weight is 406 g/mol. The molecule has 0 atom stereocenters. The van der Waals surface area contributed by atoms with E-state index in [-0.39, 0.29) is 0 Å². The molecule has 7 heteroatoms. The first-order chi connectivity index (χ1) is 11.8. The fraction of sp³-hybridized carbons (Fsp3) is 0.389. The van der Waals surface area contributed by atoms with E-state index in [1.807, 2.05) is 64.1 Å². The van der Waals surface area contributed by atoms with Crippen molar-refractivity contribution in [2.45, 2.75) is 45.5 Å². The largest absolute Gasteiger partial charge is 0.500 e. The highest BCUT2D eigenvalue weighted by Crippen LogP contribution is 2.37. The van der Waals surface area contributed by atoms with E-state index >= 15 is 0 Å². The maximum Gasteiger partial charge on any atom is 0.500 e. The summed E-state index contributed by atoms with van der Waals surface area (Å²) in [4.78, 5) is 4.40. The molecule has 0 amide bonds. The van der Waals surface area contributed by atoms with Gasteiger partial charge in [-0.05, 0) is 33.3 Å². The van der Waals surface area contributed by atoms with E-state index in [9.17, 15) is 0 Å². The number of rotatable bonds is 5. The van der Waals surface area contributed by atoms with Gasteiger partial charge in [-0.25, -0.2) is 0 Å². The van der Waals surface area contributed by atoms with Crippen LogP contribution in [0.2, 0.25) is 0 Å². The monoisotopic (exact) mass is 405 g/mol. The molecule has 1 aromatic heterocycles. The van der Waals surface area contributed by atoms with Crippen LogP contribution in [-0.2, 0) is 15.9 Å². The number of halogens is 1. The Balaban J connectivity index is 1.86. The smallest absolute Gasteiger partial charge is 0.473 e. The van der Waals surface area contributed by atoms with Crippen LogP contribution in [0, 0.1) is 0 Å². The van der Waals surface area contributed by atoms with E-state index in [0.29, 0.717) is 18.4 Å². The summed E-state index contributed by atoms with van der Waals surface area (Å²) in [6.07, 6.45) is 0. The standard InChI is InChI=1S/C18H21BBrNO4/c1-17(2)18(3,4)25-19(24-17)14-10-11-15(23-20)21-16(14)22-12-13-8-6-5-7-9-13/h5-11H,12H2,1-4H3. The molecule has 1 fully saturated rings. The quantitative estimate of drug-likeness (QED) is 0.710. The van der Waals surface area contributed by atoms with Crippen LogP contribution in [0.5, 0.6) is 11.8 Å². The van der Waals surface area contributed by atoms with Crippen LogP contribution in [0.15, 0.2) is 42.5 Å². The summed E-state index contributed by atoms with van der Waals surface area (Å²) >= 11 is 2.95. The van der Waals surface area contributed by atoms with Crippen molar-refractivity contribution in [2.24, 2.45) is 0 Å². The highest BCUT2D eigenvalue weighted by Gasteiger charge is 2.52. The zero-order valence-corrected chi connectivity index (χ0v) is 16.4. The first-order valence-electron chi connectivity index (χ1n) is 8.14. The van der Waals surface area contributed by atoms with E-state index in [2.05, 4.69) is 21.2 Å². The van der Waals surface area contributed by atoms with Gasteiger partial charge >= 0.3 is 7.12 Å². The topological polar surface area (TPSA) is 49.8 Å². The number of nitrogens with zero attached hydrogens (tertiary/aromatic N) is 1. The molecule has 0 spiro atoms. The molecule has 25 heavy (non-hydrogen) atoms. The lowest BCUT2D eigenvalue weighted by Crippen LogP contribution is -2.41. The van der Waals surface area contributed by atoms with E-state index < -0.39 is 18.3 Å². The number of ether oxygens (including phenoxy) is 1. The molecule has 0 radical (unpaired) electrons. The molecule has 2 heterocycles. The lowest BCUT2D eigenvalue weighted by Gasteiger charge is -2.32. The minimum Gasteiger partial charge on any atom is -0.473 e. The fourth-order valence-corrected chi connectivity index (χ4v) is 2.65. The molecule has 1 aliphatic rings. The van der Waals surface area contributed by atoms with Crippen molar-refractivity contribution in [1.29, 1.82) is 0 Å². The third-order valence-corrected chi connectivity index (χ3v) is 5.00. The Bertz CT molecular complexity index is 723. The molecule has 0 unspecified atom stereocenters. The van der Waals surface area contributed by atoms with Crippen LogP contribution in [0.4, 0.5) is 0 Å². The number of aromatic nitrogens is 1. The minimum atomic E-state index is -0.548. The predicted octanol–water partition coefficient (Wildman–Crippen LogP) is 3.65. The summed E-state index contributed by atoms with van der Waals surface area (Å²) < 4.78 is 23.2. The minimum absolute atomic E-state index is 0.395. The number of benzene rings is 1. The second-order valence-electron chi connectivity index (χ2n) is 6.98. The van der Waals surface area contributed by atoms with Crippen LogP contribution in [-0.4, -0.2) is 23.3 Å². The first-order valence-corrected chi connectivity index (χ1v) is 8.79. The summed E-state index contributed by atoms with van der Waals surface area (Å²) in [6.45, 7) is 8.45. The number of hydrogen-bond acceptors (Lipinski definition) is 5. The van der Waals surface area contributed by atoms with Gasteiger partial charge in [0.15, 0.2) is 16.3 Å². The molecule has 3 rings (SSSR count). The van der Waals surface area contributed by atoms with Crippen molar-refractivity contribution in [1.82, 2.24) is 4.98 Å². The Morgan fingerprint density at radius 2 is 1.64 bits per heavy atom. The maximum absolute atomic E-state index is 6.12. The van der Waals surface area contributed by atoms with Crippen molar-refractivity contribution >= 4 is 28.8 Å². The Morgan fingerprint density at radius 1 is 1.00 bits per heavy atom. The average Bonchev–Trinajstić information content (AvgIpc) is 2.81. The molecule has 2 aromatic rings. The Hall–Kier alpha value is -1.57. The summed E-state index contributed by atoms with van der Waals surface area (Å²) in [5, 5.41) is 0. The lowest BCUT2D eigenvalue weighted by molar-refractivity contribution is 0.00578. The van der Waals surface area contributed by atoms with Crippen molar-refractivity contribution in [2.75, 3.05) is 0 Å². The Labute approximate surface area is 157 Å². The van der Waals surface area contributed by atoms with Gasteiger partial charge in [-0.2, -0.15) is 4.98 Å². The van der Waals surface area contributed by atoms with Crippen molar-refractivity contribution in [3.8, 4) is 11.8 Å². The molecule has 132 valence electrons. The fourth-order valence-electron chi connectivity index (χ4n) is 2.47. The summed E-state index contributed by atoms with van der Waals surface area (Å²) in [7, 11) is -0.548. The van der Waals surface area contributed by atoms with Gasteiger partial charge in [0.1, 0.15) is 6.61 Å². The number of hydrogen-bond donors (Lipinski definition) is 0. The van der Waals surface area contributed by atoms with Gasteiger partial charge in [-0.15, -0.1) is 0 Å². The van der Waals surface area contributed by atoms with Gasteiger partial charge in [0.05, 0.1) is 11.2 Å². The third-order valence-electron chi connectivity index (χ3n) is 4.67. The van der Waals surface area contributed by atoms with Gasteiger partial charge in [0.25, 0.3) is 0 Å². The van der Waals surface area contributed by atoms with Gasteiger partial charge in [-0.1, -0.05) is 36.4 Å². The second kappa shape index (κ2) is 6.98. The summed E-state index contributed by atoms with van der Waals surface area (Å²) in [6, 6.07) is 13.5. The molecule has 0 N–H and O–H groups in total.